The van der Waals surface area contributed by atoms with E-state index in [0.717, 1.165) is 4.90 Å². The van der Waals surface area contributed by atoms with Crippen LogP contribution in [0.3, 0.4) is 0 Å². The van der Waals surface area contributed by atoms with Crippen molar-refractivity contribution in [2.45, 2.75) is 89.9 Å². The summed E-state index contributed by atoms with van der Waals surface area (Å²) in [4.78, 5) is 0.748. The van der Waals surface area contributed by atoms with Crippen LogP contribution >= 0.6 is 0 Å². The number of aliphatic hydroxyl groups is 6. The van der Waals surface area contributed by atoms with Crippen molar-refractivity contribution in [1.29, 1.82) is 0 Å². The summed E-state index contributed by atoms with van der Waals surface area (Å²) in [6.07, 6.45) is 2.13. The van der Waals surface area contributed by atoms with Crippen LogP contribution in [0.5, 0.6) is 0 Å². The van der Waals surface area contributed by atoms with E-state index in [1.54, 1.807) is 13.8 Å². The van der Waals surface area contributed by atoms with Gasteiger partial charge in [-0.3, -0.25) is 0 Å². The lowest BCUT2D eigenvalue weighted by Gasteiger charge is -2.54. The van der Waals surface area contributed by atoms with Gasteiger partial charge in [-0.15, -0.1) is 0 Å². The van der Waals surface area contributed by atoms with E-state index in [0.29, 0.717) is 25.7 Å². The molecule has 0 aromatic rings. The highest BCUT2D eigenvalue weighted by Gasteiger charge is 2.81. The summed E-state index contributed by atoms with van der Waals surface area (Å²) in [6, 6.07) is 0. The summed E-state index contributed by atoms with van der Waals surface area (Å²) in [7, 11) is 0. The molecule has 0 aromatic heterocycles. The number of hydrogen-bond donors (Lipinski definition) is 6. The Morgan fingerprint density at radius 1 is 1.00 bits per heavy atom. The molecule has 142 valence electrons. The molecule has 2 aliphatic carbocycles. The quantitative estimate of drug-likeness (QED) is 0.404. The third-order valence-corrected chi connectivity index (χ3v) is 6.24. The molecule has 1 unspecified atom stereocenters. The third kappa shape index (κ3) is 2.45. The lowest BCUT2D eigenvalue weighted by Crippen LogP contribution is -2.75. The molecule has 3 fully saturated rings. The largest absolute Gasteiger partial charge is 0.364 e. The molecule has 0 aromatic carbocycles. The van der Waals surface area contributed by atoms with E-state index >= 15 is 0 Å². The first-order valence-corrected chi connectivity index (χ1v) is 8.98. The van der Waals surface area contributed by atoms with Gasteiger partial charge in [-0.1, -0.05) is 27.7 Å². The number of hydrogen-bond acceptors (Lipinski definition) is 7. The second-order valence-electron chi connectivity index (χ2n) is 7.98. The molecule has 3 aliphatic rings. The van der Waals surface area contributed by atoms with E-state index in [1.807, 2.05) is 13.8 Å². The zero-order chi connectivity index (χ0) is 18.8. The Morgan fingerprint density at radius 3 is 1.79 bits per heavy atom. The topological polar surface area (TPSA) is 125 Å². The van der Waals surface area contributed by atoms with E-state index < -0.39 is 40.4 Å². The summed E-state index contributed by atoms with van der Waals surface area (Å²) in [5, 5.41) is 63.6. The highest BCUT2D eigenvalue weighted by Crippen LogP contribution is 2.71. The molecule has 0 radical (unpaired) electrons. The van der Waals surface area contributed by atoms with Crippen LogP contribution in [0.1, 0.15) is 66.7 Å². The molecule has 0 amide bonds. The first kappa shape index (κ1) is 20.0. The third-order valence-electron chi connectivity index (χ3n) is 6.24. The van der Waals surface area contributed by atoms with Crippen LogP contribution in [0.15, 0.2) is 0 Å². The van der Waals surface area contributed by atoms with Crippen molar-refractivity contribution < 1.29 is 30.6 Å². The number of nitrogens with zero attached hydrogens (tertiary/aromatic N) is 1. The Labute approximate surface area is 143 Å². The highest BCUT2D eigenvalue weighted by molar-refractivity contribution is 5.25. The normalized spacial score (nSPS) is 32.0. The molecule has 6 N–H and O–H groups in total. The molecular weight excluding hydrogens is 314 g/mol. The summed E-state index contributed by atoms with van der Waals surface area (Å²) in [5.41, 5.74) is -2.33. The van der Waals surface area contributed by atoms with Crippen LogP contribution in [0.4, 0.5) is 0 Å². The average molecular weight is 347 g/mol. The minimum absolute atomic E-state index is 0.137. The van der Waals surface area contributed by atoms with Gasteiger partial charge >= 0.3 is 0 Å². The van der Waals surface area contributed by atoms with Crippen molar-refractivity contribution in [1.82, 2.24) is 4.90 Å². The molecule has 0 bridgehead atoms. The number of likely N-dealkylation sites (tertiary alicyclic amines) is 1. The van der Waals surface area contributed by atoms with Gasteiger partial charge in [0.1, 0.15) is 0 Å². The van der Waals surface area contributed by atoms with Gasteiger partial charge in [0.05, 0.1) is 5.54 Å². The minimum Gasteiger partial charge on any atom is -0.364 e. The van der Waals surface area contributed by atoms with Crippen molar-refractivity contribution in [3.05, 3.63) is 0 Å². The molecule has 7 nitrogen and oxygen atoms in total. The molecular formula is C17H33NO6. The van der Waals surface area contributed by atoms with Crippen molar-refractivity contribution >= 4 is 0 Å². The fourth-order valence-electron chi connectivity index (χ4n) is 4.48. The summed E-state index contributed by atoms with van der Waals surface area (Å²) in [5.74, 6) is -8.44. The van der Waals surface area contributed by atoms with Crippen LogP contribution in [-0.2, 0) is 0 Å². The zero-order valence-corrected chi connectivity index (χ0v) is 15.3. The van der Waals surface area contributed by atoms with E-state index in [4.69, 9.17) is 0 Å². The SMILES string of the molecule is CC.CC(C)C(O)(O)C1(C)N(C(O)(O)C2CC2)C(O)(O)CC12CC2. The van der Waals surface area contributed by atoms with Crippen LogP contribution in [0, 0.1) is 17.3 Å². The second-order valence-corrected chi connectivity index (χ2v) is 7.98. The van der Waals surface area contributed by atoms with Crippen molar-refractivity contribution in [3.63, 3.8) is 0 Å². The fourth-order valence-corrected chi connectivity index (χ4v) is 4.48. The van der Waals surface area contributed by atoms with Crippen LogP contribution in [0.25, 0.3) is 0 Å². The fraction of sp³-hybridized carbons (Fsp3) is 1.00. The zero-order valence-electron chi connectivity index (χ0n) is 15.3. The minimum atomic E-state index is -2.50. The Morgan fingerprint density at radius 2 is 1.46 bits per heavy atom. The lowest BCUT2D eigenvalue weighted by molar-refractivity contribution is -0.426. The number of rotatable bonds is 4. The predicted molar refractivity (Wildman–Crippen MR) is 86.9 cm³/mol. The Hall–Kier alpha value is -0.280. The van der Waals surface area contributed by atoms with Gasteiger partial charge < -0.3 is 30.6 Å². The van der Waals surface area contributed by atoms with Gasteiger partial charge in [0.2, 0.25) is 11.8 Å². The first-order valence-electron chi connectivity index (χ1n) is 8.98. The van der Waals surface area contributed by atoms with Crippen LogP contribution in [-0.4, -0.2) is 58.7 Å². The van der Waals surface area contributed by atoms with Gasteiger partial charge in [-0.25, -0.2) is 0 Å². The molecule has 3 rings (SSSR count). The Kier molecular flexibility index (Phi) is 4.68. The monoisotopic (exact) mass is 347 g/mol. The van der Waals surface area contributed by atoms with Crippen molar-refractivity contribution in [3.8, 4) is 0 Å². The van der Waals surface area contributed by atoms with E-state index in [2.05, 4.69) is 0 Å². The molecule has 7 heteroatoms. The van der Waals surface area contributed by atoms with E-state index in [9.17, 15) is 30.6 Å². The molecule has 1 heterocycles. The average Bonchev–Trinajstić information content (AvgIpc) is 3.32. The maximum absolute atomic E-state index is 10.8. The summed E-state index contributed by atoms with van der Waals surface area (Å²) >= 11 is 0. The maximum Gasteiger partial charge on any atom is 0.232 e. The second kappa shape index (κ2) is 5.61. The molecule has 1 saturated heterocycles. The van der Waals surface area contributed by atoms with Gasteiger partial charge in [-0.2, -0.15) is 4.90 Å². The van der Waals surface area contributed by atoms with Gasteiger partial charge in [-0.05, 0) is 32.6 Å². The van der Waals surface area contributed by atoms with Gasteiger partial charge in [0.25, 0.3) is 0 Å². The predicted octanol–water partition coefficient (Wildman–Crippen LogP) is 0.281. The molecule has 1 spiro atoms. The lowest BCUT2D eigenvalue weighted by atomic mass is 9.71. The first-order chi connectivity index (χ1) is 10.8. The van der Waals surface area contributed by atoms with Gasteiger partial charge in [0.15, 0.2) is 5.79 Å². The smallest absolute Gasteiger partial charge is 0.232 e. The van der Waals surface area contributed by atoms with Crippen LogP contribution < -0.4 is 0 Å². The molecule has 1 atom stereocenters. The highest BCUT2D eigenvalue weighted by atomic mass is 16.6. The molecule has 24 heavy (non-hydrogen) atoms. The van der Waals surface area contributed by atoms with E-state index in [-0.39, 0.29) is 6.42 Å². The summed E-state index contributed by atoms with van der Waals surface area (Å²) < 4.78 is 0. The standard InChI is InChI=1S/C15H27NO6.C2H6/c1-9(2)14(19,20)11(3)12(6-7-12)8-13(17,18)16(11)15(21,22)10-4-5-10;1-2/h9-10,17-22H,4-8H2,1-3H3;1-2H3. The van der Waals surface area contributed by atoms with Crippen molar-refractivity contribution in [2.75, 3.05) is 0 Å². The molecule has 2 saturated carbocycles. The van der Waals surface area contributed by atoms with Crippen molar-refractivity contribution in [2.24, 2.45) is 17.3 Å². The summed E-state index contributed by atoms with van der Waals surface area (Å²) in [6.45, 7) is 8.72. The maximum atomic E-state index is 10.8. The molecule has 1 aliphatic heterocycles. The Bertz CT molecular complexity index is 481. The Balaban J connectivity index is 0.00000100. The van der Waals surface area contributed by atoms with E-state index in [1.165, 1.54) is 6.92 Å². The van der Waals surface area contributed by atoms with Gasteiger partial charge in [0, 0.05) is 23.7 Å². The van der Waals surface area contributed by atoms with Crippen LogP contribution in [0.2, 0.25) is 0 Å².